The lowest BCUT2D eigenvalue weighted by Gasteiger charge is -2.29. The standard InChI is InChI=1S/C10H9NO3S/c1-10(9(13)14)8(12)11-6-4-2-3-5-7(6)15-10/h2-5H,1H3,(H,11,12)(H,13,14)/t10-/m0/s1. The molecule has 2 rings (SSSR count). The number of rotatable bonds is 1. The van der Waals surface area contributed by atoms with Crippen LogP contribution >= 0.6 is 11.8 Å². The molecule has 1 heterocycles. The molecule has 0 saturated heterocycles. The SMILES string of the molecule is C[C@]1(C(=O)O)Sc2ccccc2NC1=O. The average molecular weight is 223 g/mol. The Labute approximate surface area is 90.7 Å². The zero-order valence-corrected chi connectivity index (χ0v) is 8.80. The van der Waals surface area contributed by atoms with Gasteiger partial charge in [-0.25, -0.2) is 0 Å². The van der Waals surface area contributed by atoms with E-state index in [0.717, 1.165) is 16.7 Å². The summed E-state index contributed by atoms with van der Waals surface area (Å²) in [5, 5.41) is 11.6. The van der Waals surface area contributed by atoms with Gasteiger partial charge in [0.15, 0.2) is 4.75 Å². The highest BCUT2D eigenvalue weighted by Gasteiger charge is 2.45. The Kier molecular flexibility index (Phi) is 2.19. The second-order valence-corrected chi connectivity index (χ2v) is 4.85. The number of fused-ring (bicyclic) bond motifs is 1. The molecule has 0 unspecified atom stereocenters. The largest absolute Gasteiger partial charge is 0.480 e. The molecule has 1 atom stereocenters. The smallest absolute Gasteiger partial charge is 0.329 e. The van der Waals surface area contributed by atoms with Crippen molar-refractivity contribution in [2.75, 3.05) is 5.32 Å². The van der Waals surface area contributed by atoms with Gasteiger partial charge in [-0.05, 0) is 19.1 Å². The number of carbonyl (C=O) groups is 2. The van der Waals surface area contributed by atoms with Crippen molar-refractivity contribution in [2.45, 2.75) is 16.6 Å². The number of para-hydroxylation sites is 1. The molecule has 1 aliphatic rings. The zero-order valence-electron chi connectivity index (χ0n) is 7.98. The minimum Gasteiger partial charge on any atom is -0.480 e. The lowest BCUT2D eigenvalue weighted by Crippen LogP contribution is -2.46. The number of benzene rings is 1. The summed E-state index contributed by atoms with van der Waals surface area (Å²) in [5.41, 5.74) is 0.672. The first kappa shape index (κ1) is 10.0. The van der Waals surface area contributed by atoms with Gasteiger partial charge in [-0.1, -0.05) is 23.9 Å². The Morgan fingerprint density at radius 2 is 2.13 bits per heavy atom. The van der Waals surface area contributed by atoms with Crippen LogP contribution < -0.4 is 5.32 Å². The van der Waals surface area contributed by atoms with Crippen LogP contribution in [0.2, 0.25) is 0 Å². The summed E-state index contributed by atoms with van der Waals surface area (Å²) in [7, 11) is 0. The molecule has 1 aliphatic heterocycles. The van der Waals surface area contributed by atoms with E-state index in [9.17, 15) is 9.59 Å². The number of nitrogens with one attached hydrogen (secondary N) is 1. The number of aliphatic carboxylic acids is 1. The fraction of sp³-hybridized carbons (Fsp3) is 0.200. The van der Waals surface area contributed by atoms with Crippen molar-refractivity contribution in [3.05, 3.63) is 24.3 Å². The van der Waals surface area contributed by atoms with Crippen LogP contribution in [0, 0.1) is 0 Å². The highest BCUT2D eigenvalue weighted by Crippen LogP contribution is 2.42. The Bertz CT molecular complexity index is 446. The number of anilines is 1. The highest BCUT2D eigenvalue weighted by atomic mass is 32.2. The maximum absolute atomic E-state index is 11.6. The second kappa shape index (κ2) is 3.27. The molecule has 1 aromatic rings. The van der Waals surface area contributed by atoms with Gasteiger partial charge in [-0.2, -0.15) is 0 Å². The Morgan fingerprint density at radius 3 is 2.80 bits per heavy atom. The summed E-state index contributed by atoms with van der Waals surface area (Å²) in [6, 6.07) is 7.15. The fourth-order valence-electron chi connectivity index (χ4n) is 1.31. The predicted octanol–water partition coefficient (Wildman–Crippen LogP) is 1.57. The normalized spacial score (nSPS) is 24.2. The number of hydrogen-bond acceptors (Lipinski definition) is 3. The van der Waals surface area contributed by atoms with Crippen molar-refractivity contribution in [3.8, 4) is 0 Å². The summed E-state index contributed by atoms with van der Waals surface area (Å²) < 4.78 is -1.44. The monoisotopic (exact) mass is 223 g/mol. The van der Waals surface area contributed by atoms with Crippen LogP contribution in [-0.4, -0.2) is 21.7 Å². The topological polar surface area (TPSA) is 66.4 Å². The van der Waals surface area contributed by atoms with Gasteiger partial charge >= 0.3 is 5.97 Å². The zero-order chi connectivity index (χ0) is 11.1. The van der Waals surface area contributed by atoms with E-state index in [1.807, 2.05) is 6.07 Å². The van der Waals surface area contributed by atoms with E-state index in [-0.39, 0.29) is 0 Å². The van der Waals surface area contributed by atoms with E-state index in [2.05, 4.69) is 5.32 Å². The maximum Gasteiger partial charge on any atom is 0.329 e. The lowest BCUT2D eigenvalue weighted by molar-refractivity contribution is -0.142. The van der Waals surface area contributed by atoms with E-state index in [1.165, 1.54) is 6.92 Å². The van der Waals surface area contributed by atoms with Crippen LogP contribution in [0.1, 0.15) is 6.92 Å². The number of carboxylic acids is 1. The summed E-state index contributed by atoms with van der Waals surface area (Å²) in [4.78, 5) is 23.4. The van der Waals surface area contributed by atoms with Crippen LogP contribution in [0.25, 0.3) is 0 Å². The third-order valence-electron chi connectivity index (χ3n) is 2.29. The highest BCUT2D eigenvalue weighted by molar-refractivity contribution is 8.02. The van der Waals surface area contributed by atoms with Gasteiger partial charge in [-0.15, -0.1) is 0 Å². The van der Waals surface area contributed by atoms with Crippen molar-refractivity contribution in [2.24, 2.45) is 0 Å². The summed E-state index contributed by atoms with van der Waals surface area (Å²) in [6.45, 7) is 1.41. The molecule has 2 N–H and O–H groups in total. The summed E-state index contributed by atoms with van der Waals surface area (Å²) >= 11 is 1.06. The molecule has 78 valence electrons. The van der Waals surface area contributed by atoms with E-state index >= 15 is 0 Å². The van der Waals surface area contributed by atoms with Gasteiger partial charge in [0.25, 0.3) is 5.91 Å². The number of thioether (sulfide) groups is 1. The number of carboxylic acid groups (broad SMARTS) is 1. The van der Waals surface area contributed by atoms with Crippen LogP contribution in [0.3, 0.4) is 0 Å². The maximum atomic E-state index is 11.6. The van der Waals surface area contributed by atoms with E-state index < -0.39 is 16.6 Å². The third-order valence-corrected chi connectivity index (χ3v) is 3.63. The van der Waals surface area contributed by atoms with Gasteiger partial charge in [-0.3, -0.25) is 9.59 Å². The minimum atomic E-state index is -1.44. The number of carbonyl (C=O) groups excluding carboxylic acids is 1. The molecular weight excluding hydrogens is 214 g/mol. The van der Waals surface area contributed by atoms with Gasteiger partial charge in [0.1, 0.15) is 0 Å². The Morgan fingerprint density at radius 1 is 1.47 bits per heavy atom. The first-order chi connectivity index (χ1) is 7.04. The molecule has 0 radical (unpaired) electrons. The van der Waals surface area contributed by atoms with E-state index in [4.69, 9.17) is 5.11 Å². The molecule has 0 saturated carbocycles. The summed E-state index contributed by atoms with van der Waals surface area (Å²) in [5.74, 6) is -1.61. The van der Waals surface area contributed by atoms with Crippen molar-refractivity contribution in [1.82, 2.24) is 0 Å². The predicted molar refractivity (Wildman–Crippen MR) is 57.0 cm³/mol. The van der Waals surface area contributed by atoms with Crippen molar-refractivity contribution in [3.63, 3.8) is 0 Å². The van der Waals surface area contributed by atoms with Crippen LogP contribution in [0.4, 0.5) is 5.69 Å². The van der Waals surface area contributed by atoms with E-state index in [1.54, 1.807) is 18.2 Å². The van der Waals surface area contributed by atoms with Crippen molar-refractivity contribution in [1.29, 1.82) is 0 Å². The lowest BCUT2D eigenvalue weighted by atomic mass is 10.1. The summed E-state index contributed by atoms with van der Waals surface area (Å²) in [6.07, 6.45) is 0. The molecule has 0 spiro atoms. The molecule has 0 bridgehead atoms. The third kappa shape index (κ3) is 1.48. The van der Waals surface area contributed by atoms with Crippen molar-refractivity contribution >= 4 is 29.3 Å². The number of hydrogen-bond donors (Lipinski definition) is 2. The van der Waals surface area contributed by atoms with Gasteiger partial charge < -0.3 is 10.4 Å². The quantitative estimate of drug-likeness (QED) is 0.709. The van der Waals surface area contributed by atoms with Gasteiger partial charge in [0.2, 0.25) is 0 Å². The van der Waals surface area contributed by atoms with E-state index in [0.29, 0.717) is 5.69 Å². The minimum absolute atomic E-state index is 0.487. The molecule has 4 nitrogen and oxygen atoms in total. The number of amides is 1. The first-order valence-corrected chi connectivity index (χ1v) is 5.18. The molecule has 5 heteroatoms. The first-order valence-electron chi connectivity index (χ1n) is 4.37. The molecule has 0 fully saturated rings. The van der Waals surface area contributed by atoms with Crippen LogP contribution in [0.15, 0.2) is 29.2 Å². The van der Waals surface area contributed by atoms with Gasteiger partial charge in [0.05, 0.1) is 5.69 Å². The van der Waals surface area contributed by atoms with Crippen LogP contribution in [0.5, 0.6) is 0 Å². The Balaban J connectivity index is 2.46. The molecule has 0 aromatic heterocycles. The van der Waals surface area contributed by atoms with Gasteiger partial charge in [0, 0.05) is 4.90 Å². The molecular formula is C10H9NO3S. The second-order valence-electron chi connectivity index (χ2n) is 3.39. The molecule has 15 heavy (non-hydrogen) atoms. The average Bonchev–Trinajstić information content (AvgIpc) is 2.19. The molecule has 1 aromatic carbocycles. The molecule has 1 amide bonds. The fourth-order valence-corrected chi connectivity index (χ4v) is 2.35. The Hall–Kier alpha value is -1.49. The van der Waals surface area contributed by atoms with Crippen molar-refractivity contribution < 1.29 is 14.7 Å². The van der Waals surface area contributed by atoms with Crippen LogP contribution in [-0.2, 0) is 9.59 Å². The molecule has 0 aliphatic carbocycles.